The zero-order valence-corrected chi connectivity index (χ0v) is 13.8. The highest BCUT2D eigenvalue weighted by atomic mass is 16.5. The first-order valence-electron chi connectivity index (χ1n) is 8.20. The Balaban J connectivity index is 2.20. The third-order valence-electron chi connectivity index (χ3n) is 3.52. The van der Waals surface area contributed by atoms with E-state index >= 15 is 0 Å². The van der Waals surface area contributed by atoms with Gasteiger partial charge in [-0.3, -0.25) is 4.99 Å². The molecule has 1 saturated carbocycles. The summed E-state index contributed by atoms with van der Waals surface area (Å²) in [7, 11) is 2.09. The number of hydrogen-bond donors (Lipinski definition) is 1. The number of likely N-dealkylation sites (N-methyl/N-ethyl adjacent to an activating group) is 1. The van der Waals surface area contributed by atoms with Crippen molar-refractivity contribution in [1.29, 1.82) is 0 Å². The SMILES string of the molecule is CCNC(=NCCCC(C)C)N(C)CCOCC1CC1. The number of ether oxygens (including phenoxy) is 1. The lowest BCUT2D eigenvalue weighted by Crippen LogP contribution is -2.40. The van der Waals surface area contributed by atoms with Crippen LogP contribution in [0.25, 0.3) is 0 Å². The van der Waals surface area contributed by atoms with Crippen LogP contribution in [0, 0.1) is 11.8 Å². The van der Waals surface area contributed by atoms with Gasteiger partial charge in [0.1, 0.15) is 0 Å². The molecule has 0 unspecified atom stereocenters. The quantitative estimate of drug-likeness (QED) is 0.380. The van der Waals surface area contributed by atoms with Gasteiger partial charge in [0, 0.05) is 33.3 Å². The zero-order valence-electron chi connectivity index (χ0n) is 13.8. The van der Waals surface area contributed by atoms with Crippen molar-refractivity contribution < 1.29 is 4.74 Å². The van der Waals surface area contributed by atoms with Gasteiger partial charge in [0.2, 0.25) is 0 Å². The van der Waals surface area contributed by atoms with Gasteiger partial charge in [0.05, 0.1) is 6.61 Å². The predicted molar refractivity (Wildman–Crippen MR) is 86.2 cm³/mol. The van der Waals surface area contributed by atoms with Gasteiger partial charge >= 0.3 is 0 Å². The van der Waals surface area contributed by atoms with Gasteiger partial charge in [0.15, 0.2) is 5.96 Å². The summed E-state index contributed by atoms with van der Waals surface area (Å²) in [5, 5.41) is 3.35. The first-order valence-corrected chi connectivity index (χ1v) is 8.20. The minimum absolute atomic E-state index is 0.765. The molecule has 0 amide bonds. The van der Waals surface area contributed by atoms with Crippen LogP contribution in [0.15, 0.2) is 4.99 Å². The van der Waals surface area contributed by atoms with Crippen molar-refractivity contribution in [3.8, 4) is 0 Å². The maximum Gasteiger partial charge on any atom is 0.193 e. The molecule has 4 nitrogen and oxygen atoms in total. The van der Waals surface area contributed by atoms with E-state index < -0.39 is 0 Å². The lowest BCUT2D eigenvalue weighted by atomic mass is 10.1. The number of hydrogen-bond acceptors (Lipinski definition) is 2. The van der Waals surface area contributed by atoms with Crippen LogP contribution in [0.3, 0.4) is 0 Å². The lowest BCUT2D eigenvalue weighted by molar-refractivity contribution is 0.115. The van der Waals surface area contributed by atoms with Gasteiger partial charge < -0.3 is 15.0 Å². The summed E-state index contributed by atoms with van der Waals surface area (Å²) >= 11 is 0. The van der Waals surface area contributed by atoms with Gasteiger partial charge in [-0.05, 0) is 44.4 Å². The number of aliphatic imine (C=N–C) groups is 1. The largest absolute Gasteiger partial charge is 0.379 e. The first kappa shape index (κ1) is 17.3. The van der Waals surface area contributed by atoms with Crippen molar-refractivity contribution in [1.82, 2.24) is 10.2 Å². The van der Waals surface area contributed by atoms with Gasteiger partial charge in [0.25, 0.3) is 0 Å². The monoisotopic (exact) mass is 283 g/mol. The maximum atomic E-state index is 5.69. The second kappa shape index (κ2) is 10.0. The van der Waals surface area contributed by atoms with E-state index in [1.807, 2.05) is 0 Å². The van der Waals surface area contributed by atoms with Crippen molar-refractivity contribution >= 4 is 5.96 Å². The van der Waals surface area contributed by atoms with Crippen molar-refractivity contribution in [2.75, 3.05) is 39.9 Å². The summed E-state index contributed by atoms with van der Waals surface area (Å²) in [6.07, 6.45) is 5.13. The average Bonchev–Trinajstić information content (AvgIpc) is 3.22. The number of guanidine groups is 1. The van der Waals surface area contributed by atoms with E-state index in [-0.39, 0.29) is 0 Å². The highest BCUT2D eigenvalue weighted by molar-refractivity contribution is 5.79. The summed E-state index contributed by atoms with van der Waals surface area (Å²) in [6, 6.07) is 0. The lowest BCUT2D eigenvalue weighted by Gasteiger charge is -2.22. The maximum absolute atomic E-state index is 5.69. The Labute approximate surface area is 125 Å². The van der Waals surface area contributed by atoms with Crippen LogP contribution < -0.4 is 5.32 Å². The molecule has 0 spiro atoms. The van der Waals surface area contributed by atoms with E-state index in [4.69, 9.17) is 4.74 Å². The van der Waals surface area contributed by atoms with Gasteiger partial charge in [-0.25, -0.2) is 0 Å². The third-order valence-corrected chi connectivity index (χ3v) is 3.52. The highest BCUT2D eigenvalue weighted by Gasteiger charge is 2.21. The Hall–Kier alpha value is -0.770. The summed E-state index contributed by atoms with van der Waals surface area (Å²) in [6.45, 7) is 11.1. The molecule has 0 aliphatic heterocycles. The molecule has 0 aromatic rings. The molecule has 1 aliphatic carbocycles. The molecule has 4 heteroatoms. The Morgan fingerprint density at radius 2 is 2.15 bits per heavy atom. The van der Waals surface area contributed by atoms with Crippen LogP contribution in [-0.4, -0.2) is 50.8 Å². The molecule has 1 fully saturated rings. The fourth-order valence-electron chi connectivity index (χ4n) is 2.00. The van der Waals surface area contributed by atoms with Gasteiger partial charge in [-0.1, -0.05) is 13.8 Å². The van der Waals surface area contributed by atoms with Crippen molar-refractivity contribution in [2.24, 2.45) is 16.8 Å². The van der Waals surface area contributed by atoms with E-state index in [1.165, 1.54) is 25.7 Å². The molecule has 20 heavy (non-hydrogen) atoms. The van der Waals surface area contributed by atoms with Crippen molar-refractivity contribution in [2.45, 2.75) is 46.5 Å². The zero-order chi connectivity index (χ0) is 14.8. The summed E-state index contributed by atoms with van der Waals surface area (Å²) in [4.78, 5) is 6.86. The van der Waals surface area contributed by atoms with Gasteiger partial charge in [-0.15, -0.1) is 0 Å². The molecule has 1 aliphatic rings. The predicted octanol–water partition coefficient (Wildman–Crippen LogP) is 2.75. The molecule has 0 heterocycles. The topological polar surface area (TPSA) is 36.9 Å². The van der Waals surface area contributed by atoms with Gasteiger partial charge in [-0.2, -0.15) is 0 Å². The molecule has 1 rings (SSSR count). The van der Waals surface area contributed by atoms with E-state index in [9.17, 15) is 0 Å². The first-order chi connectivity index (χ1) is 9.63. The second-order valence-electron chi connectivity index (χ2n) is 6.21. The molecule has 118 valence electrons. The van der Waals surface area contributed by atoms with Crippen LogP contribution >= 0.6 is 0 Å². The highest BCUT2D eigenvalue weighted by Crippen LogP contribution is 2.28. The Bertz CT molecular complexity index is 275. The molecule has 0 bridgehead atoms. The van der Waals surface area contributed by atoms with Crippen LogP contribution in [0.4, 0.5) is 0 Å². The average molecular weight is 283 g/mol. The van der Waals surface area contributed by atoms with Crippen LogP contribution in [0.1, 0.15) is 46.5 Å². The van der Waals surface area contributed by atoms with E-state index in [1.54, 1.807) is 0 Å². The normalized spacial score (nSPS) is 15.8. The number of nitrogens with zero attached hydrogens (tertiary/aromatic N) is 2. The van der Waals surface area contributed by atoms with Crippen LogP contribution in [-0.2, 0) is 4.74 Å². The number of rotatable bonds is 10. The van der Waals surface area contributed by atoms with Crippen LogP contribution in [0.2, 0.25) is 0 Å². The van der Waals surface area contributed by atoms with Crippen LogP contribution in [0.5, 0.6) is 0 Å². The molecule has 0 atom stereocenters. The van der Waals surface area contributed by atoms with E-state index in [0.717, 1.165) is 50.6 Å². The standard InChI is InChI=1S/C16H33N3O/c1-5-17-16(18-10-6-7-14(2)3)19(4)11-12-20-13-15-8-9-15/h14-15H,5-13H2,1-4H3,(H,17,18). The Morgan fingerprint density at radius 3 is 2.75 bits per heavy atom. The Morgan fingerprint density at radius 1 is 1.40 bits per heavy atom. The summed E-state index contributed by atoms with van der Waals surface area (Å²) in [5.41, 5.74) is 0. The smallest absolute Gasteiger partial charge is 0.193 e. The Kier molecular flexibility index (Phi) is 8.67. The second-order valence-corrected chi connectivity index (χ2v) is 6.21. The molecule has 1 N–H and O–H groups in total. The van der Waals surface area contributed by atoms with E-state index in [2.05, 4.69) is 43.0 Å². The molecule has 0 aromatic heterocycles. The van der Waals surface area contributed by atoms with Crippen molar-refractivity contribution in [3.63, 3.8) is 0 Å². The van der Waals surface area contributed by atoms with Crippen molar-refractivity contribution in [3.05, 3.63) is 0 Å². The molecule has 0 radical (unpaired) electrons. The molecular weight excluding hydrogens is 250 g/mol. The molecular formula is C16H33N3O. The number of nitrogens with one attached hydrogen (secondary N) is 1. The fraction of sp³-hybridized carbons (Fsp3) is 0.938. The molecule has 0 saturated heterocycles. The minimum atomic E-state index is 0.765. The fourth-order valence-corrected chi connectivity index (χ4v) is 2.00. The summed E-state index contributed by atoms with van der Waals surface area (Å²) in [5.74, 6) is 2.62. The summed E-state index contributed by atoms with van der Waals surface area (Å²) < 4.78 is 5.69. The third kappa shape index (κ3) is 8.41. The van der Waals surface area contributed by atoms with E-state index in [0.29, 0.717) is 0 Å². The molecule has 0 aromatic carbocycles. The minimum Gasteiger partial charge on any atom is -0.379 e.